The van der Waals surface area contributed by atoms with Crippen molar-refractivity contribution in [2.75, 3.05) is 0 Å². The number of para-hydroxylation sites is 1. The van der Waals surface area contributed by atoms with Crippen molar-refractivity contribution in [2.24, 2.45) is 0 Å². The van der Waals surface area contributed by atoms with E-state index in [2.05, 4.69) is 279 Å². The van der Waals surface area contributed by atoms with Gasteiger partial charge in [0.25, 0.3) is 0 Å². The molecule has 7 nitrogen and oxygen atoms in total. The Kier molecular flexibility index (Phi) is 14.6. The van der Waals surface area contributed by atoms with Crippen LogP contribution in [-0.4, -0.2) is 34.5 Å². The van der Waals surface area contributed by atoms with E-state index < -0.39 is 0 Å². The number of rotatable bonds is 13. The lowest BCUT2D eigenvalue weighted by atomic mass is 9.95. The highest BCUT2D eigenvalue weighted by Gasteiger charge is 2.23. The van der Waals surface area contributed by atoms with E-state index in [1.165, 1.54) is 10.8 Å². The fourth-order valence-corrected chi connectivity index (χ4v) is 12.8. The van der Waals surface area contributed by atoms with Crippen LogP contribution in [0.25, 0.3) is 163 Å². The molecule has 0 saturated heterocycles. The molecule has 16 aromatic rings. The van der Waals surface area contributed by atoms with Gasteiger partial charge in [-0.15, -0.1) is 0 Å². The predicted octanol–water partition coefficient (Wildman–Crippen LogP) is 21.8. The Balaban J connectivity index is 0.812. The molecule has 16 rings (SSSR count). The van der Waals surface area contributed by atoms with Crippen LogP contribution in [0.15, 0.2) is 322 Å². The standard InChI is InChI=1S/C86H59N7/c1-56-46-75(62-38-42-66(43-39-62)83-87-81(64-32-18-7-19-33-64)89-85(91-83)72-52-68(58-24-10-3-11-25-58)50-69(53-72)59-26-12-4-13-27-59)79-77(48-56)78-49-57(2)47-76(80(78)93(79)74-36-22-9-23-37-74)63-40-44-67(45-41-63)84-88-82(65-34-20-8-21-35-65)90-86(92-84)73-54-70(60-28-14-5-15-29-60)51-71(55-73)61-30-16-6-17-31-61/h3-55H,1-2H3. The summed E-state index contributed by atoms with van der Waals surface area (Å²) < 4.78 is 2.46. The van der Waals surface area contributed by atoms with Gasteiger partial charge in [0.05, 0.1) is 11.0 Å². The second kappa shape index (κ2) is 24.2. The first-order valence-corrected chi connectivity index (χ1v) is 31.4. The van der Waals surface area contributed by atoms with Gasteiger partial charge in [0.2, 0.25) is 0 Å². The van der Waals surface area contributed by atoms with Crippen LogP contribution < -0.4 is 0 Å². The largest absolute Gasteiger partial charge is 0.308 e. The van der Waals surface area contributed by atoms with Crippen molar-refractivity contribution in [1.82, 2.24) is 34.5 Å². The topological polar surface area (TPSA) is 82.3 Å². The van der Waals surface area contributed by atoms with Crippen molar-refractivity contribution in [2.45, 2.75) is 13.8 Å². The number of hydrogen-bond donors (Lipinski definition) is 0. The maximum atomic E-state index is 5.31. The molecule has 0 spiro atoms. The van der Waals surface area contributed by atoms with E-state index in [1.54, 1.807) is 0 Å². The van der Waals surface area contributed by atoms with E-state index >= 15 is 0 Å². The molecule has 7 heteroatoms. The lowest BCUT2D eigenvalue weighted by molar-refractivity contribution is 1.07. The Labute approximate surface area is 540 Å². The molecule has 0 aliphatic rings. The lowest BCUT2D eigenvalue weighted by Crippen LogP contribution is -2.01. The van der Waals surface area contributed by atoms with E-state index in [0.29, 0.717) is 34.9 Å². The minimum atomic E-state index is 0.592. The van der Waals surface area contributed by atoms with Crippen molar-refractivity contribution in [3.8, 4) is 141 Å². The molecule has 3 heterocycles. The summed E-state index contributed by atoms with van der Waals surface area (Å²) in [6.45, 7) is 4.40. The number of benzene rings is 13. The highest BCUT2D eigenvalue weighted by atomic mass is 15.0. The smallest absolute Gasteiger partial charge is 0.164 e. The molecule has 438 valence electrons. The van der Waals surface area contributed by atoms with Gasteiger partial charge in [-0.05, 0) is 153 Å². The molecule has 0 aliphatic carbocycles. The number of aryl methyl sites for hydroxylation is 2. The molecule has 93 heavy (non-hydrogen) atoms. The van der Waals surface area contributed by atoms with Gasteiger partial charge >= 0.3 is 0 Å². The summed E-state index contributed by atoms with van der Waals surface area (Å²) in [7, 11) is 0. The van der Waals surface area contributed by atoms with Crippen LogP contribution in [0.1, 0.15) is 11.1 Å². The zero-order valence-corrected chi connectivity index (χ0v) is 51.2. The summed E-state index contributed by atoms with van der Waals surface area (Å²) in [5.74, 6) is 3.60. The van der Waals surface area contributed by atoms with Gasteiger partial charge in [-0.2, -0.15) is 0 Å². The number of nitrogens with zero attached hydrogens (tertiary/aromatic N) is 7. The van der Waals surface area contributed by atoms with Crippen molar-refractivity contribution >= 4 is 21.8 Å². The Morgan fingerprint density at radius 3 is 0.710 bits per heavy atom. The monoisotopic (exact) mass is 1190 g/mol. The fourth-order valence-electron chi connectivity index (χ4n) is 12.8. The van der Waals surface area contributed by atoms with Crippen LogP contribution >= 0.6 is 0 Å². The maximum absolute atomic E-state index is 5.31. The molecule has 13 aromatic carbocycles. The number of fused-ring (bicyclic) bond motifs is 3. The third-order valence-corrected chi connectivity index (χ3v) is 17.3. The number of aromatic nitrogens is 7. The van der Waals surface area contributed by atoms with Crippen LogP contribution in [-0.2, 0) is 0 Å². The second-order valence-electron chi connectivity index (χ2n) is 23.6. The molecule has 0 N–H and O–H groups in total. The summed E-state index contributed by atoms with van der Waals surface area (Å²) in [6, 6.07) is 113. The SMILES string of the molecule is Cc1cc(-c2ccc(-c3nc(-c4ccccc4)nc(-c4cc(-c5ccccc5)cc(-c5ccccc5)c4)n3)cc2)c2c(c1)c1cc(C)cc(-c3ccc(-c4nc(-c5ccccc5)nc(-c5cc(-c6ccccc6)cc(-c6ccccc6)c5)n4)cc3)c1n2-c1ccccc1. The first kappa shape index (κ1) is 56.0. The van der Waals surface area contributed by atoms with E-state index in [4.69, 9.17) is 29.9 Å². The summed E-state index contributed by atoms with van der Waals surface area (Å²) in [4.78, 5) is 31.4. The average Bonchev–Trinajstić information content (AvgIpc) is 1.58. The van der Waals surface area contributed by atoms with Crippen LogP contribution in [0, 0.1) is 13.8 Å². The van der Waals surface area contributed by atoms with E-state index in [0.717, 1.165) is 128 Å². The van der Waals surface area contributed by atoms with Crippen LogP contribution in [0.5, 0.6) is 0 Å². The van der Waals surface area contributed by atoms with Crippen LogP contribution in [0.4, 0.5) is 0 Å². The van der Waals surface area contributed by atoms with Gasteiger partial charge in [-0.1, -0.05) is 249 Å². The molecule has 0 atom stereocenters. The predicted molar refractivity (Wildman–Crippen MR) is 382 cm³/mol. The lowest BCUT2D eigenvalue weighted by Gasteiger charge is -2.15. The van der Waals surface area contributed by atoms with Crippen molar-refractivity contribution in [1.29, 1.82) is 0 Å². The summed E-state index contributed by atoms with van der Waals surface area (Å²) in [5.41, 5.74) is 24.2. The van der Waals surface area contributed by atoms with Gasteiger partial charge < -0.3 is 4.57 Å². The summed E-state index contributed by atoms with van der Waals surface area (Å²) in [6.07, 6.45) is 0. The molecule has 0 unspecified atom stereocenters. The first-order valence-electron chi connectivity index (χ1n) is 31.4. The molecule has 0 aliphatic heterocycles. The minimum Gasteiger partial charge on any atom is -0.308 e. The van der Waals surface area contributed by atoms with E-state index in [9.17, 15) is 0 Å². The van der Waals surface area contributed by atoms with Gasteiger partial charge in [-0.25, -0.2) is 29.9 Å². The second-order valence-corrected chi connectivity index (χ2v) is 23.6. The quantitative estimate of drug-likeness (QED) is 0.114. The third kappa shape index (κ3) is 11.1. The molecular formula is C86H59N7. The molecule has 0 radical (unpaired) electrons. The third-order valence-electron chi connectivity index (χ3n) is 17.3. The molecule has 0 bridgehead atoms. The number of hydrogen-bond acceptors (Lipinski definition) is 6. The molecule has 0 saturated carbocycles. The summed E-state index contributed by atoms with van der Waals surface area (Å²) >= 11 is 0. The van der Waals surface area contributed by atoms with Crippen LogP contribution in [0.3, 0.4) is 0 Å². The molecule has 0 amide bonds. The molecule has 3 aromatic heterocycles. The Morgan fingerprint density at radius 2 is 0.419 bits per heavy atom. The van der Waals surface area contributed by atoms with E-state index in [-0.39, 0.29) is 0 Å². The average molecular weight is 1190 g/mol. The zero-order valence-electron chi connectivity index (χ0n) is 51.2. The van der Waals surface area contributed by atoms with Gasteiger partial charge in [-0.3, -0.25) is 0 Å². The molecular weight excluding hydrogens is 1130 g/mol. The zero-order chi connectivity index (χ0) is 62.2. The van der Waals surface area contributed by atoms with Crippen LogP contribution in [0.2, 0.25) is 0 Å². The Hall–Kier alpha value is -12.3. The molecule has 0 fully saturated rings. The van der Waals surface area contributed by atoms with E-state index in [1.807, 2.05) is 60.7 Å². The van der Waals surface area contributed by atoms with Gasteiger partial charge in [0.15, 0.2) is 34.9 Å². The van der Waals surface area contributed by atoms with Gasteiger partial charge in [0, 0.05) is 61.0 Å². The fraction of sp³-hybridized carbons (Fsp3) is 0.0233. The normalized spacial score (nSPS) is 11.3. The van der Waals surface area contributed by atoms with Gasteiger partial charge in [0.1, 0.15) is 0 Å². The van der Waals surface area contributed by atoms with Crippen molar-refractivity contribution in [3.05, 3.63) is 333 Å². The Bertz CT molecular complexity index is 4960. The van der Waals surface area contributed by atoms with Crippen molar-refractivity contribution in [3.63, 3.8) is 0 Å². The van der Waals surface area contributed by atoms with Crippen molar-refractivity contribution < 1.29 is 0 Å². The minimum absolute atomic E-state index is 0.592. The first-order chi connectivity index (χ1) is 45.9. The maximum Gasteiger partial charge on any atom is 0.164 e. The summed E-state index contributed by atoms with van der Waals surface area (Å²) in [5, 5.41) is 2.35. The highest BCUT2D eigenvalue weighted by Crippen LogP contribution is 2.45. The Morgan fingerprint density at radius 1 is 0.194 bits per heavy atom. The highest BCUT2D eigenvalue weighted by molar-refractivity contribution is 6.18.